The average molecular weight is 342 g/mol. The molecule has 1 aliphatic carbocycles. The summed E-state index contributed by atoms with van der Waals surface area (Å²) in [4.78, 5) is 0. The van der Waals surface area contributed by atoms with Gasteiger partial charge in [-0.1, -0.05) is 43.5 Å². The molecule has 2 aromatic rings. The highest BCUT2D eigenvalue weighted by Gasteiger charge is 2.21. The molecule has 1 aliphatic rings. The maximum atomic E-state index is 8.89. The van der Waals surface area contributed by atoms with E-state index in [-0.39, 0.29) is 0 Å². The molecule has 0 radical (unpaired) electrons. The highest BCUT2D eigenvalue weighted by molar-refractivity contribution is 5.32. The number of nitriles is 2. The summed E-state index contributed by atoms with van der Waals surface area (Å²) in [5, 5.41) is 17.8. The van der Waals surface area contributed by atoms with Crippen LogP contribution in [0.5, 0.6) is 0 Å². The van der Waals surface area contributed by atoms with Crippen molar-refractivity contribution in [1.82, 2.24) is 0 Å². The van der Waals surface area contributed by atoms with E-state index in [0.717, 1.165) is 35.8 Å². The fourth-order valence-electron chi connectivity index (χ4n) is 4.16. The van der Waals surface area contributed by atoms with Crippen molar-refractivity contribution >= 4 is 0 Å². The Morgan fingerprint density at radius 3 is 1.50 bits per heavy atom. The minimum atomic E-state index is 0.745. The molecule has 2 nitrogen and oxygen atoms in total. The van der Waals surface area contributed by atoms with Crippen LogP contribution in [0.2, 0.25) is 0 Å². The molecule has 0 spiro atoms. The predicted molar refractivity (Wildman–Crippen MR) is 104 cm³/mol. The average Bonchev–Trinajstić information content (AvgIpc) is 2.72. The van der Waals surface area contributed by atoms with Gasteiger partial charge in [0.15, 0.2) is 0 Å². The van der Waals surface area contributed by atoms with E-state index in [1.807, 2.05) is 24.3 Å². The Kier molecular flexibility index (Phi) is 6.45. The molecule has 0 N–H and O–H groups in total. The van der Waals surface area contributed by atoms with E-state index in [1.54, 1.807) is 0 Å². The van der Waals surface area contributed by atoms with Gasteiger partial charge >= 0.3 is 0 Å². The van der Waals surface area contributed by atoms with E-state index in [4.69, 9.17) is 10.5 Å². The molecule has 2 heteroatoms. The van der Waals surface area contributed by atoms with Gasteiger partial charge in [0.25, 0.3) is 0 Å². The van der Waals surface area contributed by atoms with Gasteiger partial charge in [0.1, 0.15) is 0 Å². The Morgan fingerprint density at radius 1 is 0.692 bits per heavy atom. The van der Waals surface area contributed by atoms with E-state index < -0.39 is 0 Å². The van der Waals surface area contributed by atoms with Crippen LogP contribution in [0.15, 0.2) is 48.5 Å². The maximum absolute atomic E-state index is 8.89. The maximum Gasteiger partial charge on any atom is 0.0991 e. The van der Waals surface area contributed by atoms with E-state index >= 15 is 0 Å². The summed E-state index contributed by atoms with van der Waals surface area (Å²) in [5.74, 6) is 1.68. The lowest BCUT2D eigenvalue weighted by molar-refractivity contribution is 0.244. The zero-order valence-corrected chi connectivity index (χ0v) is 15.3. The molecule has 0 aliphatic heterocycles. The Hall–Kier alpha value is -2.58. The summed E-state index contributed by atoms with van der Waals surface area (Å²) in [5.41, 5.74) is 4.19. The first-order valence-corrected chi connectivity index (χ1v) is 9.75. The summed E-state index contributed by atoms with van der Waals surface area (Å²) in [6.07, 6.45) is 10.2. The Labute approximate surface area is 157 Å². The summed E-state index contributed by atoms with van der Waals surface area (Å²) >= 11 is 0. The van der Waals surface area contributed by atoms with Crippen molar-refractivity contribution in [3.8, 4) is 12.1 Å². The van der Waals surface area contributed by atoms with Crippen LogP contribution in [-0.2, 0) is 12.8 Å². The van der Waals surface area contributed by atoms with Crippen molar-refractivity contribution in [2.45, 2.75) is 51.4 Å². The minimum absolute atomic E-state index is 0.745. The lowest BCUT2D eigenvalue weighted by Crippen LogP contribution is -2.17. The quantitative estimate of drug-likeness (QED) is 0.666. The van der Waals surface area contributed by atoms with Gasteiger partial charge in [-0.2, -0.15) is 10.5 Å². The zero-order chi connectivity index (χ0) is 18.2. The zero-order valence-electron chi connectivity index (χ0n) is 15.3. The number of hydrogen-bond acceptors (Lipinski definition) is 2. The van der Waals surface area contributed by atoms with Crippen molar-refractivity contribution in [3.63, 3.8) is 0 Å². The lowest BCUT2D eigenvalue weighted by Gasteiger charge is -2.29. The van der Waals surface area contributed by atoms with Crippen LogP contribution in [0.4, 0.5) is 0 Å². The smallest absolute Gasteiger partial charge is 0.0991 e. The largest absolute Gasteiger partial charge is 0.192 e. The molecule has 0 bridgehead atoms. The van der Waals surface area contributed by atoms with Crippen molar-refractivity contribution < 1.29 is 0 Å². The van der Waals surface area contributed by atoms with Crippen molar-refractivity contribution in [2.24, 2.45) is 11.8 Å². The summed E-state index contributed by atoms with van der Waals surface area (Å²) in [7, 11) is 0. The van der Waals surface area contributed by atoms with Gasteiger partial charge in [-0.25, -0.2) is 0 Å². The highest BCUT2D eigenvalue weighted by Crippen LogP contribution is 2.34. The molecule has 0 saturated heterocycles. The van der Waals surface area contributed by atoms with Crippen LogP contribution in [0.1, 0.15) is 60.8 Å². The molecule has 2 atom stereocenters. The lowest BCUT2D eigenvalue weighted by atomic mass is 9.77. The summed E-state index contributed by atoms with van der Waals surface area (Å²) in [6.45, 7) is 0. The molecule has 0 aromatic heterocycles. The second-order valence-electron chi connectivity index (χ2n) is 7.59. The Bertz CT molecular complexity index is 707. The van der Waals surface area contributed by atoms with Crippen molar-refractivity contribution in [3.05, 3.63) is 70.8 Å². The molecule has 0 heterocycles. The molecular weight excluding hydrogens is 316 g/mol. The Balaban J connectivity index is 1.44. The highest BCUT2D eigenvalue weighted by atomic mass is 14.3. The first kappa shape index (κ1) is 18.2. The SMILES string of the molecule is N#Cc1ccc(CC[C@H]2CCC[C@@H](CCc3ccc(C#N)cc3)C2)cc1. The molecule has 1 saturated carbocycles. The molecule has 0 amide bonds. The fraction of sp³-hybridized carbons (Fsp3) is 0.417. The van der Waals surface area contributed by atoms with Crippen LogP contribution in [-0.4, -0.2) is 0 Å². The van der Waals surface area contributed by atoms with Gasteiger partial charge < -0.3 is 0 Å². The van der Waals surface area contributed by atoms with Crippen LogP contribution in [0.25, 0.3) is 0 Å². The van der Waals surface area contributed by atoms with Gasteiger partial charge in [0.05, 0.1) is 23.3 Å². The fourth-order valence-corrected chi connectivity index (χ4v) is 4.16. The monoisotopic (exact) mass is 342 g/mol. The predicted octanol–water partition coefficient (Wildman–Crippen LogP) is 5.80. The van der Waals surface area contributed by atoms with Crippen LogP contribution in [0, 0.1) is 34.5 Å². The van der Waals surface area contributed by atoms with Gasteiger partial charge in [0, 0.05) is 0 Å². The first-order valence-electron chi connectivity index (χ1n) is 9.75. The van der Waals surface area contributed by atoms with Crippen LogP contribution in [0.3, 0.4) is 0 Å². The molecule has 3 rings (SSSR count). The normalized spacial score (nSPS) is 19.5. The standard InChI is InChI=1S/C24H26N2/c25-17-23-12-6-19(7-13-23)4-10-21-2-1-3-22(16-21)11-5-20-8-14-24(18-26)15-9-20/h6-9,12-15,21-22H,1-5,10-11,16H2/t21-,22+. The Morgan fingerprint density at radius 2 is 1.12 bits per heavy atom. The molecule has 1 fully saturated rings. The third-order valence-electron chi connectivity index (χ3n) is 5.74. The third-order valence-corrected chi connectivity index (χ3v) is 5.74. The molecule has 0 unspecified atom stereocenters. The molecule has 26 heavy (non-hydrogen) atoms. The van der Waals surface area contributed by atoms with E-state index in [0.29, 0.717) is 0 Å². The van der Waals surface area contributed by atoms with Crippen molar-refractivity contribution in [2.75, 3.05) is 0 Å². The summed E-state index contributed by atoms with van der Waals surface area (Å²) in [6, 6.07) is 20.5. The van der Waals surface area contributed by atoms with Crippen LogP contribution >= 0.6 is 0 Å². The van der Waals surface area contributed by atoms with Gasteiger partial charge in [-0.05, 0) is 79.3 Å². The topological polar surface area (TPSA) is 47.6 Å². The number of aryl methyl sites for hydroxylation is 2. The first-order chi connectivity index (χ1) is 12.8. The van der Waals surface area contributed by atoms with Crippen molar-refractivity contribution in [1.29, 1.82) is 10.5 Å². The summed E-state index contributed by atoms with van der Waals surface area (Å²) < 4.78 is 0. The van der Waals surface area contributed by atoms with E-state index in [1.165, 1.54) is 49.7 Å². The number of nitrogens with zero attached hydrogens (tertiary/aromatic N) is 2. The number of hydrogen-bond donors (Lipinski definition) is 0. The van der Waals surface area contributed by atoms with Gasteiger partial charge in [0.2, 0.25) is 0 Å². The number of benzene rings is 2. The second kappa shape index (κ2) is 9.21. The van der Waals surface area contributed by atoms with E-state index in [2.05, 4.69) is 36.4 Å². The van der Waals surface area contributed by atoms with Gasteiger partial charge in [-0.3, -0.25) is 0 Å². The molecule has 132 valence electrons. The minimum Gasteiger partial charge on any atom is -0.192 e. The van der Waals surface area contributed by atoms with Crippen LogP contribution < -0.4 is 0 Å². The molecule has 2 aromatic carbocycles. The van der Waals surface area contributed by atoms with E-state index in [9.17, 15) is 0 Å². The number of rotatable bonds is 6. The second-order valence-corrected chi connectivity index (χ2v) is 7.59. The third kappa shape index (κ3) is 5.21. The van der Waals surface area contributed by atoms with Gasteiger partial charge in [-0.15, -0.1) is 0 Å². The molecular formula is C24H26N2.